The van der Waals surface area contributed by atoms with E-state index in [4.69, 9.17) is 5.73 Å². The Hall–Kier alpha value is -1.15. The second-order valence-corrected chi connectivity index (χ2v) is 7.67. The SMILES string of the molecule is CN(C)C(=O)c1ccc(S(=O)(=O)NC2CCC(N)CC2)cc1.Cl. The van der Waals surface area contributed by atoms with E-state index in [2.05, 4.69) is 4.72 Å². The third-order valence-electron chi connectivity index (χ3n) is 3.91. The van der Waals surface area contributed by atoms with Crippen molar-refractivity contribution < 1.29 is 13.2 Å². The summed E-state index contributed by atoms with van der Waals surface area (Å²) in [5, 5.41) is 0. The third-order valence-corrected chi connectivity index (χ3v) is 5.45. The zero-order valence-corrected chi connectivity index (χ0v) is 15.0. The summed E-state index contributed by atoms with van der Waals surface area (Å²) in [6.07, 6.45) is 3.20. The Balaban J connectivity index is 0.00000264. The van der Waals surface area contributed by atoms with E-state index >= 15 is 0 Å². The normalized spacial score (nSPS) is 21.3. The number of amides is 1. The van der Waals surface area contributed by atoms with Crippen LogP contribution in [0, 0.1) is 0 Å². The second kappa shape index (κ2) is 8.10. The molecule has 1 aromatic carbocycles. The minimum absolute atomic E-state index is 0. The second-order valence-electron chi connectivity index (χ2n) is 5.96. The summed E-state index contributed by atoms with van der Waals surface area (Å²) < 4.78 is 27.4. The minimum Gasteiger partial charge on any atom is -0.345 e. The van der Waals surface area contributed by atoms with Crippen molar-refractivity contribution >= 4 is 28.3 Å². The van der Waals surface area contributed by atoms with Gasteiger partial charge in [0.15, 0.2) is 0 Å². The summed E-state index contributed by atoms with van der Waals surface area (Å²) in [7, 11) is -0.246. The Morgan fingerprint density at radius 1 is 1.13 bits per heavy atom. The number of rotatable bonds is 4. The Morgan fingerprint density at radius 3 is 2.13 bits per heavy atom. The first kappa shape index (κ1) is 19.9. The molecule has 0 heterocycles. The van der Waals surface area contributed by atoms with Crippen molar-refractivity contribution in [3.8, 4) is 0 Å². The Labute approximate surface area is 143 Å². The van der Waals surface area contributed by atoms with E-state index in [-0.39, 0.29) is 35.3 Å². The molecule has 8 heteroatoms. The van der Waals surface area contributed by atoms with Crippen molar-refractivity contribution in [3.63, 3.8) is 0 Å². The summed E-state index contributed by atoms with van der Waals surface area (Å²) in [6, 6.07) is 6.12. The molecule has 1 aliphatic carbocycles. The largest absolute Gasteiger partial charge is 0.345 e. The van der Waals surface area contributed by atoms with Crippen LogP contribution in [-0.4, -0.2) is 45.4 Å². The van der Waals surface area contributed by atoms with Gasteiger partial charge in [-0.25, -0.2) is 13.1 Å². The number of nitrogens with zero attached hydrogens (tertiary/aromatic N) is 1. The average molecular weight is 362 g/mol. The summed E-state index contributed by atoms with van der Waals surface area (Å²) >= 11 is 0. The van der Waals surface area contributed by atoms with E-state index in [9.17, 15) is 13.2 Å². The number of carbonyl (C=O) groups is 1. The van der Waals surface area contributed by atoms with Crippen molar-refractivity contribution in [2.75, 3.05) is 14.1 Å². The molecule has 0 aliphatic heterocycles. The molecule has 0 bridgehead atoms. The van der Waals surface area contributed by atoms with Gasteiger partial charge in [0.25, 0.3) is 5.91 Å². The van der Waals surface area contributed by atoms with Crippen LogP contribution in [0.3, 0.4) is 0 Å². The molecule has 0 atom stereocenters. The molecular weight excluding hydrogens is 338 g/mol. The Morgan fingerprint density at radius 2 is 1.65 bits per heavy atom. The van der Waals surface area contributed by atoms with Gasteiger partial charge in [-0.3, -0.25) is 4.79 Å². The van der Waals surface area contributed by atoms with Crippen molar-refractivity contribution in [3.05, 3.63) is 29.8 Å². The number of carbonyl (C=O) groups excluding carboxylic acids is 1. The number of halogens is 1. The van der Waals surface area contributed by atoms with Crippen molar-refractivity contribution in [1.29, 1.82) is 0 Å². The van der Waals surface area contributed by atoms with E-state index in [1.54, 1.807) is 14.1 Å². The minimum atomic E-state index is -3.56. The fourth-order valence-electron chi connectivity index (χ4n) is 2.56. The predicted molar refractivity (Wildman–Crippen MR) is 92.3 cm³/mol. The first-order chi connectivity index (χ1) is 10.3. The van der Waals surface area contributed by atoms with Gasteiger partial charge >= 0.3 is 0 Å². The maximum atomic E-state index is 12.4. The lowest BCUT2D eigenvalue weighted by atomic mass is 9.93. The molecule has 0 spiro atoms. The zero-order valence-electron chi connectivity index (χ0n) is 13.4. The molecule has 1 fully saturated rings. The smallest absolute Gasteiger partial charge is 0.253 e. The van der Waals surface area contributed by atoms with Crippen molar-refractivity contribution in [2.24, 2.45) is 5.73 Å². The van der Waals surface area contributed by atoms with Crippen LogP contribution < -0.4 is 10.5 Å². The van der Waals surface area contributed by atoms with Gasteiger partial charge < -0.3 is 10.6 Å². The van der Waals surface area contributed by atoms with E-state index in [0.29, 0.717) is 5.56 Å². The van der Waals surface area contributed by atoms with Gasteiger partial charge in [0.1, 0.15) is 0 Å². The summed E-state index contributed by atoms with van der Waals surface area (Å²) in [5.74, 6) is -0.154. The van der Waals surface area contributed by atoms with Gasteiger partial charge in [0.05, 0.1) is 4.90 Å². The summed E-state index contributed by atoms with van der Waals surface area (Å²) in [6.45, 7) is 0. The quantitative estimate of drug-likeness (QED) is 0.846. The molecule has 0 radical (unpaired) electrons. The molecule has 130 valence electrons. The fourth-order valence-corrected chi connectivity index (χ4v) is 3.86. The first-order valence-corrected chi connectivity index (χ1v) is 8.87. The molecule has 0 unspecified atom stereocenters. The molecule has 6 nitrogen and oxygen atoms in total. The van der Waals surface area contributed by atoms with Gasteiger partial charge in [0, 0.05) is 31.7 Å². The highest BCUT2D eigenvalue weighted by molar-refractivity contribution is 7.89. The zero-order chi connectivity index (χ0) is 16.3. The van der Waals surface area contributed by atoms with Gasteiger partial charge in [-0.1, -0.05) is 0 Å². The Bertz CT molecular complexity index is 624. The van der Waals surface area contributed by atoms with Crippen LogP contribution in [0.1, 0.15) is 36.0 Å². The standard InChI is InChI=1S/C15H23N3O3S.ClH/c1-18(2)15(19)11-3-9-14(10-4-11)22(20,21)17-13-7-5-12(16)6-8-13;/h3-4,9-10,12-13,17H,5-8,16H2,1-2H3;1H. The number of hydrogen-bond acceptors (Lipinski definition) is 4. The first-order valence-electron chi connectivity index (χ1n) is 7.39. The molecular formula is C15H24ClN3O3S. The number of sulfonamides is 1. The fraction of sp³-hybridized carbons (Fsp3) is 0.533. The number of nitrogens with one attached hydrogen (secondary N) is 1. The van der Waals surface area contributed by atoms with E-state index in [0.717, 1.165) is 25.7 Å². The highest BCUT2D eigenvalue weighted by atomic mass is 35.5. The highest BCUT2D eigenvalue weighted by Gasteiger charge is 2.24. The van der Waals surface area contributed by atoms with Crippen molar-refractivity contribution in [1.82, 2.24) is 9.62 Å². The van der Waals surface area contributed by atoms with Gasteiger partial charge in [0.2, 0.25) is 10.0 Å². The van der Waals surface area contributed by atoms with Crippen LogP contribution >= 0.6 is 12.4 Å². The van der Waals surface area contributed by atoms with E-state index in [1.165, 1.54) is 29.2 Å². The monoisotopic (exact) mass is 361 g/mol. The van der Waals surface area contributed by atoms with E-state index in [1.807, 2.05) is 0 Å². The van der Waals surface area contributed by atoms with Crippen LogP contribution in [0.2, 0.25) is 0 Å². The molecule has 3 N–H and O–H groups in total. The summed E-state index contributed by atoms with van der Waals surface area (Å²) in [4.78, 5) is 13.4. The van der Waals surface area contributed by atoms with Crippen molar-refractivity contribution in [2.45, 2.75) is 42.7 Å². The molecule has 23 heavy (non-hydrogen) atoms. The van der Waals surface area contributed by atoms with E-state index < -0.39 is 10.0 Å². The molecule has 1 aliphatic rings. The van der Waals surface area contributed by atoms with Crippen LogP contribution in [0.5, 0.6) is 0 Å². The molecule has 2 rings (SSSR count). The number of hydrogen-bond donors (Lipinski definition) is 2. The molecule has 1 aromatic rings. The van der Waals surface area contributed by atoms with Crippen LogP contribution in [-0.2, 0) is 10.0 Å². The average Bonchev–Trinajstić information content (AvgIpc) is 2.48. The topological polar surface area (TPSA) is 92.5 Å². The van der Waals surface area contributed by atoms with Crippen LogP contribution in [0.15, 0.2) is 29.2 Å². The predicted octanol–water partition coefficient (Wildman–Crippen LogP) is 1.36. The maximum Gasteiger partial charge on any atom is 0.253 e. The van der Waals surface area contributed by atoms with Crippen LogP contribution in [0.4, 0.5) is 0 Å². The maximum absolute atomic E-state index is 12.4. The molecule has 1 amide bonds. The molecule has 1 saturated carbocycles. The third kappa shape index (κ3) is 5.17. The molecule has 0 saturated heterocycles. The lowest BCUT2D eigenvalue weighted by Crippen LogP contribution is -2.40. The Kier molecular flexibility index (Phi) is 7.01. The highest BCUT2D eigenvalue weighted by Crippen LogP contribution is 2.20. The van der Waals surface area contributed by atoms with Gasteiger partial charge in [-0.2, -0.15) is 0 Å². The molecule has 0 aromatic heterocycles. The summed E-state index contributed by atoms with van der Waals surface area (Å²) in [5.41, 5.74) is 6.29. The van der Waals surface area contributed by atoms with Crippen LogP contribution in [0.25, 0.3) is 0 Å². The number of nitrogens with two attached hydrogens (primary N) is 1. The lowest BCUT2D eigenvalue weighted by molar-refractivity contribution is 0.0827. The van der Waals surface area contributed by atoms with Gasteiger partial charge in [-0.15, -0.1) is 12.4 Å². The lowest BCUT2D eigenvalue weighted by Gasteiger charge is -2.26. The number of benzene rings is 1. The van der Waals surface area contributed by atoms with Gasteiger partial charge in [-0.05, 0) is 49.9 Å².